The largest absolute Gasteiger partial charge is 0.616 e. The summed E-state index contributed by atoms with van der Waals surface area (Å²) in [7, 11) is 0. The number of unbranched alkanes of at least 4 members (excludes halogenated alkanes) is 2. The minimum atomic E-state index is -5.57. The highest BCUT2D eigenvalue weighted by molar-refractivity contribution is 7.91. The van der Waals surface area contributed by atoms with Gasteiger partial charge in [0.25, 0.3) is 0 Å². The van der Waals surface area contributed by atoms with E-state index in [1.807, 2.05) is 18.2 Å². The van der Waals surface area contributed by atoms with Crippen molar-refractivity contribution in [1.29, 1.82) is 0 Å². The van der Waals surface area contributed by atoms with Crippen molar-refractivity contribution in [2.75, 3.05) is 18.1 Å². The number of aromatic hydroxyl groups is 1. The molecule has 0 bridgehead atoms. The molecular weight excluding hydrogens is 623 g/mol. The lowest BCUT2D eigenvalue weighted by atomic mass is 9.44. The van der Waals surface area contributed by atoms with Crippen LogP contribution >= 0.6 is 0 Å². The average molecular weight is 669 g/mol. The van der Waals surface area contributed by atoms with Crippen LogP contribution in [0.1, 0.15) is 93.2 Å². The normalized spacial score (nSPS) is 29.8. The smallest absolute Gasteiger partial charge is 0.453 e. The number of halogens is 5. The average Bonchev–Trinajstić information content (AvgIpc) is 3.31. The molecule has 46 heavy (non-hydrogen) atoms. The Morgan fingerprint density at radius 2 is 1.74 bits per heavy atom. The maximum atomic E-state index is 13.0. The third kappa shape index (κ3) is 6.81. The lowest BCUT2D eigenvalue weighted by Crippen LogP contribution is -2.53. The lowest BCUT2D eigenvalue weighted by Gasteiger charge is -2.60. The van der Waals surface area contributed by atoms with Crippen molar-refractivity contribution in [2.24, 2.45) is 16.7 Å². The molecule has 254 valence electrons. The number of phenolic OH excluding ortho intramolecular Hbond substituents is 1. The van der Waals surface area contributed by atoms with Gasteiger partial charge in [-0.1, -0.05) is 42.4 Å². The Morgan fingerprint density at radius 1 is 1.02 bits per heavy atom. The number of hydrogen-bond donors (Lipinski definition) is 2. The van der Waals surface area contributed by atoms with Crippen LogP contribution in [-0.2, 0) is 17.6 Å². The topological polar surface area (TPSA) is 72.8 Å². The van der Waals surface area contributed by atoms with Crippen molar-refractivity contribution in [3.63, 3.8) is 0 Å². The number of aryl methyl sites for hydroxylation is 1. The molecular formula is C36H45F5O4S. The Hall–Kier alpha value is -2.30. The van der Waals surface area contributed by atoms with Gasteiger partial charge in [-0.25, -0.2) is 0 Å². The quantitative estimate of drug-likeness (QED) is 0.0969. The molecule has 0 radical (unpaired) electrons. The molecule has 3 aliphatic carbocycles. The second-order valence-corrected chi connectivity index (χ2v) is 15.5. The Bertz CT molecular complexity index is 1350. The number of benzene rings is 2. The van der Waals surface area contributed by atoms with E-state index in [2.05, 4.69) is 37.8 Å². The fourth-order valence-corrected chi connectivity index (χ4v) is 9.98. The zero-order valence-electron chi connectivity index (χ0n) is 26.3. The molecule has 0 amide bonds. The predicted octanol–water partition coefficient (Wildman–Crippen LogP) is 8.83. The van der Waals surface area contributed by atoms with E-state index in [4.69, 9.17) is 4.74 Å². The van der Waals surface area contributed by atoms with Gasteiger partial charge in [0.05, 0.1) is 12.7 Å². The van der Waals surface area contributed by atoms with Crippen LogP contribution in [0.3, 0.4) is 0 Å². The van der Waals surface area contributed by atoms with Gasteiger partial charge in [0, 0.05) is 12.3 Å². The Kier molecular flexibility index (Phi) is 10.4. The molecule has 2 saturated carbocycles. The number of allylic oxidation sites excluding steroid dienone is 1. The number of fused-ring (bicyclic) bond motifs is 5. The minimum Gasteiger partial charge on any atom is -0.616 e. The highest BCUT2D eigenvalue weighted by atomic mass is 32.2. The van der Waals surface area contributed by atoms with Crippen molar-refractivity contribution in [2.45, 2.75) is 101 Å². The van der Waals surface area contributed by atoms with Crippen molar-refractivity contribution in [3.05, 3.63) is 71.8 Å². The van der Waals surface area contributed by atoms with Gasteiger partial charge in [0.15, 0.2) is 0 Å². The summed E-state index contributed by atoms with van der Waals surface area (Å²) >= 11 is -1.43. The van der Waals surface area contributed by atoms with Crippen LogP contribution in [0.5, 0.6) is 11.5 Å². The molecule has 0 heterocycles. The number of aliphatic hydroxyl groups is 1. The summed E-state index contributed by atoms with van der Waals surface area (Å²) in [6, 6.07) is 13.9. The highest BCUT2D eigenvalue weighted by Gasteiger charge is 2.63. The SMILES string of the molecule is C=C[C@@]12CCc3cc(O)ccc3[C@H]1[C@@H](c1ccc(OCCCCC[S+]([O-])CCCC(F)(F)C(F)(F)F)cc1)C[C@@]1(C)[C@H]2CC[C@@H]1O. The number of ether oxygens (including phenoxy) is 1. The number of phenols is 1. The molecule has 2 N–H and O–H groups in total. The van der Waals surface area contributed by atoms with Crippen LogP contribution in [0.15, 0.2) is 55.1 Å². The zero-order chi connectivity index (χ0) is 33.3. The third-order valence-corrected chi connectivity index (χ3v) is 12.6. The van der Waals surface area contributed by atoms with Gasteiger partial charge < -0.3 is 19.5 Å². The number of hydrogen-bond acceptors (Lipinski definition) is 4. The summed E-state index contributed by atoms with van der Waals surface area (Å²) in [5, 5.41) is 21.5. The second kappa shape index (κ2) is 13.7. The summed E-state index contributed by atoms with van der Waals surface area (Å²) in [6.07, 6.45) is 0.840. The number of aliphatic hydroxyl groups excluding tert-OH is 1. The van der Waals surface area contributed by atoms with Gasteiger partial charge in [0.2, 0.25) is 0 Å². The molecule has 2 aromatic rings. The zero-order valence-corrected chi connectivity index (χ0v) is 27.2. The molecule has 0 spiro atoms. The fraction of sp³-hybridized carbons (Fsp3) is 0.611. The van der Waals surface area contributed by atoms with Gasteiger partial charge in [-0.15, -0.1) is 6.58 Å². The van der Waals surface area contributed by atoms with E-state index in [-0.39, 0.29) is 46.0 Å². The first kappa shape index (κ1) is 35.0. The first-order chi connectivity index (χ1) is 21.7. The number of rotatable bonds is 13. The van der Waals surface area contributed by atoms with Crippen molar-refractivity contribution < 1.29 is 41.5 Å². The van der Waals surface area contributed by atoms with Gasteiger partial charge in [0.1, 0.15) is 23.0 Å². The maximum Gasteiger partial charge on any atom is 0.453 e. The predicted molar refractivity (Wildman–Crippen MR) is 170 cm³/mol. The van der Waals surface area contributed by atoms with Gasteiger partial charge >= 0.3 is 12.1 Å². The first-order valence-corrected chi connectivity index (χ1v) is 17.9. The van der Waals surface area contributed by atoms with E-state index in [0.717, 1.165) is 37.9 Å². The van der Waals surface area contributed by atoms with Crippen LogP contribution < -0.4 is 4.74 Å². The van der Waals surface area contributed by atoms with E-state index in [0.29, 0.717) is 31.8 Å². The molecule has 10 heteroatoms. The monoisotopic (exact) mass is 668 g/mol. The van der Waals surface area contributed by atoms with Crippen molar-refractivity contribution in [1.82, 2.24) is 0 Å². The molecule has 1 unspecified atom stereocenters. The van der Waals surface area contributed by atoms with E-state index >= 15 is 0 Å². The molecule has 5 rings (SSSR count). The third-order valence-electron chi connectivity index (χ3n) is 11.1. The van der Waals surface area contributed by atoms with Gasteiger partial charge in [-0.05, 0) is 121 Å². The van der Waals surface area contributed by atoms with E-state index in [1.54, 1.807) is 6.07 Å². The van der Waals surface area contributed by atoms with Crippen LogP contribution in [0.4, 0.5) is 22.0 Å². The molecule has 0 aromatic heterocycles. The van der Waals surface area contributed by atoms with E-state index in [1.165, 1.54) is 16.7 Å². The summed E-state index contributed by atoms with van der Waals surface area (Å²) in [5.41, 5.74) is 3.24. The maximum absolute atomic E-state index is 13.0. The molecule has 2 fully saturated rings. The van der Waals surface area contributed by atoms with Crippen LogP contribution in [0.2, 0.25) is 0 Å². The lowest BCUT2D eigenvalue weighted by molar-refractivity contribution is -0.284. The fourth-order valence-electron chi connectivity index (χ4n) is 8.78. The molecule has 4 nitrogen and oxygen atoms in total. The summed E-state index contributed by atoms with van der Waals surface area (Å²) in [6.45, 7) is 7.06. The standard InChI is InChI=1S/C36H45F5O4S/c1-3-34-18-16-25-22-26(42)10-13-28(25)32(34)29(23-33(2)30(34)14-15-31(33)43)24-8-11-27(12-9-24)45-19-5-4-6-20-46(44)21-7-17-35(37,38)36(39,40)41/h3,8-13,22,29-32,42-43H,1,4-7,14-21,23H2,2H3/t29-,30-,31+,32+,33+,34+,46?/m1/s1. The highest BCUT2D eigenvalue weighted by Crippen LogP contribution is 2.71. The molecule has 0 saturated heterocycles. The molecule has 7 atom stereocenters. The van der Waals surface area contributed by atoms with E-state index in [9.17, 15) is 36.7 Å². The van der Waals surface area contributed by atoms with Crippen LogP contribution in [-0.4, -0.2) is 51.1 Å². The molecule has 3 aliphatic rings. The van der Waals surface area contributed by atoms with Crippen LogP contribution in [0.25, 0.3) is 0 Å². The molecule has 2 aromatic carbocycles. The van der Waals surface area contributed by atoms with Gasteiger partial charge in [-0.3, -0.25) is 0 Å². The minimum absolute atomic E-state index is 0.144. The summed E-state index contributed by atoms with van der Waals surface area (Å²) < 4.78 is 80.8. The second-order valence-electron chi connectivity index (χ2n) is 13.8. The first-order valence-electron chi connectivity index (χ1n) is 16.4. The van der Waals surface area contributed by atoms with Crippen LogP contribution in [0, 0.1) is 16.7 Å². The van der Waals surface area contributed by atoms with Crippen molar-refractivity contribution >= 4 is 11.2 Å². The molecule has 0 aliphatic heterocycles. The van der Waals surface area contributed by atoms with E-state index < -0.39 is 36.1 Å². The Morgan fingerprint density at radius 3 is 2.43 bits per heavy atom. The van der Waals surface area contributed by atoms with Gasteiger partial charge in [-0.2, -0.15) is 22.0 Å². The summed E-state index contributed by atoms with van der Waals surface area (Å²) in [4.78, 5) is 0. The summed E-state index contributed by atoms with van der Waals surface area (Å²) in [5.74, 6) is -3.00. The Labute approximate surface area is 271 Å². The van der Waals surface area contributed by atoms with Crippen molar-refractivity contribution in [3.8, 4) is 11.5 Å². The number of alkyl halides is 5. The Balaban J connectivity index is 1.17.